The quantitative estimate of drug-likeness (QED) is 0.796. The highest BCUT2D eigenvalue weighted by Gasteiger charge is 2.00. The normalized spacial score (nSPS) is 10.4. The summed E-state index contributed by atoms with van der Waals surface area (Å²) >= 11 is 3.44. The van der Waals surface area contributed by atoms with E-state index < -0.39 is 0 Å². The number of aryl methyl sites for hydroxylation is 2. The maximum Gasteiger partial charge on any atom is 0.120 e. The molecule has 0 fully saturated rings. The Hall–Kier alpha value is -1.28. The predicted molar refractivity (Wildman–Crippen MR) is 79.3 cm³/mol. The average molecular weight is 305 g/mol. The molecule has 0 aliphatic carbocycles. The van der Waals surface area contributed by atoms with Crippen LogP contribution in [0.25, 0.3) is 0 Å². The molecule has 2 aromatic rings. The van der Waals surface area contributed by atoms with Crippen LogP contribution in [0.2, 0.25) is 0 Å². The summed E-state index contributed by atoms with van der Waals surface area (Å²) in [6, 6.07) is 14.5. The molecule has 0 aliphatic rings. The summed E-state index contributed by atoms with van der Waals surface area (Å²) < 4.78 is 6.80. The van der Waals surface area contributed by atoms with Gasteiger partial charge in [0, 0.05) is 10.9 Å². The van der Waals surface area contributed by atoms with Crippen LogP contribution in [-0.4, -0.2) is 6.61 Å². The van der Waals surface area contributed by atoms with Gasteiger partial charge in [-0.1, -0.05) is 45.8 Å². The van der Waals surface area contributed by atoms with Crippen molar-refractivity contribution in [2.75, 3.05) is 6.61 Å². The molecule has 0 atom stereocenters. The van der Waals surface area contributed by atoms with Crippen molar-refractivity contribution in [3.63, 3.8) is 0 Å². The Morgan fingerprint density at radius 1 is 1.06 bits per heavy atom. The fraction of sp³-hybridized carbons (Fsp3) is 0.250. The monoisotopic (exact) mass is 304 g/mol. The number of halogens is 1. The molecule has 0 heterocycles. The minimum Gasteiger partial charge on any atom is -0.493 e. The minimum absolute atomic E-state index is 0.709. The molecule has 0 saturated carbocycles. The van der Waals surface area contributed by atoms with Gasteiger partial charge in [-0.3, -0.25) is 0 Å². The van der Waals surface area contributed by atoms with Crippen molar-refractivity contribution < 1.29 is 4.74 Å². The molecule has 0 N–H and O–H groups in total. The largest absolute Gasteiger partial charge is 0.493 e. The van der Waals surface area contributed by atoms with Crippen molar-refractivity contribution in [3.8, 4) is 5.75 Å². The molecule has 0 saturated heterocycles. The minimum atomic E-state index is 0.709. The van der Waals surface area contributed by atoms with Gasteiger partial charge in [-0.25, -0.2) is 0 Å². The van der Waals surface area contributed by atoms with Crippen LogP contribution in [0.4, 0.5) is 0 Å². The van der Waals surface area contributed by atoms with Gasteiger partial charge in [-0.15, -0.1) is 0 Å². The first-order chi connectivity index (χ1) is 8.65. The van der Waals surface area contributed by atoms with Crippen LogP contribution in [0.3, 0.4) is 0 Å². The Morgan fingerprint density at radius 2 is 1.89 bits per heavy atom. The van der Waals surface area contributed by atoms with Crippen LogP contribution in [0.5, 0.6) is 5.75 Å². The predicted octanol–water partition coefficient (Wildman–Crippen LogP) is 4.69. The van der Waals surface area contributed by atoms with Crippen molar-refractivity contribution in [2.24, 2.45) is 0 Å². The van der Waals surface area contributed by atoms with Gasteiger partial charge in [-0.2, -0.15) is 0 Å². The zero-order valence-corrected chi connectivity index (χ0v) is 12.3. The fourth-order valence-electron chi connectivity index (χ4n) is 1.91. The van der Waals surface area contributed by atoms with Gasteiger partial charge < -0.3 is 4.74 Å². The topological polar surface area (TPSA) is 9.23 Å². The lowest BCUT2D eigenvalue weighted by Gasteiger charge is -2.09. The van der Waals surface area contributed by atoms with Crippen molar-refractivity contribution in [1.82, 2.24) is 0 Å². The Labute approximate surface area is 117 Å². The van der Waals surface area contributed by atoms with Gasteiger partial charge in [0.15, 0.2) is 0 Å². The molecular weight excluding hydrogens is 288 g/mol. The van der Waals surface area contributed by atoms with Crippen molar-refractivity contribution in [3.05, 3.63) is 63.6 Å². The van der Waals surface area contributed by atoms with Gasteiger partial charge in [0.2, 0.25) is 0 Å². The van der Waals surface area contributed by atoms with E-state index in [1.165, 1.54) is 16.7 Å². The summed E-state index contributed by atoms with van der Waals surface area (Å²) in [4.78, 5) is 0. The summed E-state index contributed by atoms with van der Waals surface area (Å²) in [6.07, 6.45) is 0.944. The average Bonchev–Trinajstić information content (AvgIpc) is 2.34. The lowest BCUT2D eigenvalue weighted by Crippen LogP contribution is -2.03. The van der Waals surface area contributed by atoms with Crippen LogP contribution in [0.1, 0.15) is 16.7 Å². The molecule has 0 unspecified atom stereocenters. The molecular formula is C16H17BrO. The molecule has 0 amide bonds. The van der Waals surface area contributed by atoms with E-state index in [2.05, 4.69) is 48.0 Å². The van der Waals surface area contributed by atoms with E-state index in [0.717, 1.165) is 16.6 Å². The molecule has 94 valence electrons. The number of rotatable bonds is 4. The Morgan fingerprint density at radius 3 is 2.67 bits per heavy atom. The smallest absolute Gasteiger partial charge is 0.120 e. The van der Waals surface area contributed by atoms with E-state index >= 15 is 0 Å². The van der Waals surface area contributed by atoms with Crippen LogP contribution in [0.15, 0.2) is 46.9 Å². The summed E-state index contributed by atoms with van der Waals surface area (Å²) in [7, 11) is 0. The number of ether oxygens (including phenoxy) is 1. The Kier molecular flexibility index (Phi) is 4.43. The SMILES string of the molecule is Cc1ccc(C)c(CCOc2cccc(Br)c2)c1. The van der Waals surface area contributed by atoms with E-state index in [-0.39, 0.29) is 0 Å². The van der Waals surface area contributed by atoms with Gasteiger partial charge in [0.05, 0.1) is 6.61 Å². The fourth-order valence-corrected chi connectivity index (χ4v) is 2.28. The van der Waals surface area contributed by atoms with E-state index in [0.29, 0.717) is 6.61 Å². The second-order valence-corrected chi connectivity index (χ2v) is 5.40. The first kappa shape index (κ1) is 13.2. The highest BCUT2D eigenvalue weighted by Crippen LogP contribution is 2.18. The summed E-state index contributed by atoms with van der Waals surface area (Å²) in [5, 5.41) is 0. The van der Waals surface area contributed by atoms with Crippen LogP contribution < -0.4 is 4.74 Å². The molecule has 0 aromatic heterocycles. The molecule has 1 nitrogen and oxygen atoms in total. The van der Waals surface area contributed by atoms with E-state index in [1.807, 2.05) is 24.3 Å². The molecule has 0 radical (unpaired) electrons. The Balaban J connectivity index is 1.94. The maximum absolute atomic E-state index is 5.76. The van der Waals surface area contributed by atoms with Crippen LogP contribution >= 0.6 is 15.9 Å². The van der Waals surface area contributed by atoms with Gasteiger partial charge >= 0.3 is 0 Å². The lowest BCUT2D eigenvalue weighted by atomic mass is 10.0. The Bertz CT molecular complexity index is 534. The molecule has 2 aromatic carbocycles. The number of hydrogen-bond donors (Lipinski definition) is 0. The molecule has 0 spiro atoms. The lowest BCUT2D eigenvalue weighted by molar-refractivity contribution is 0.321. The summed E-state index contributed by atoms with van der Waals surface area (Å²) in [5.74, 6) is 0.912. The molecule has 2 rings (SSSR count). The zero-order chi connectivity index (χ0) is 13.0. The first-order valence-corrected chi connectivity index (χ1v) is 6.89. The standard InChI is InChI=1S/C16H17BrO/c1-12-6-7-13(2)14(10-12)8-9-18-16-5-3-4-15(17)11-16/h3-7,10-11H,8-9H2,1-2H3. The second kappa shape index (κ2) is 6.05. The number of benzene rings is 2. The third-order valence-electron chi connectivity index (χ3n) is 2.94. The summed E-state index contributed by atoms with van der Waals surface area (Å²) in [6.45, 7) is 4.98. The van der Waals surface area contributed by atoms with E-state index in [9.17, 15) is 0 Å². The second-order valence-electron chi connectivity index (χ2n) is 4.49. The van der Waals surface area contributed by atoms with E-state index in [1.54, 1.807) is 0 Å². The van der Waals surface area contributed by atoms with Crippen LogP contribution in [0, 0.1) is 13.8 Å². The maximum atomic E-state index is 5.76. The van der Waals surface area contributed by atoms with Gasteiger partial charge in [-0.05, 0) is 43.2 Å². The van der Waals surface area contributed by atoms with E-state index in [4.69, 9.17) is 4.74 Å². The van der Waals surface area contributed by atoms with Gasteiger partial charge in [0.25, 0.3) is 0 Å². The molecule has 2 heteroatoms. The first-order valence-electron chi connectivity index (χ1n) is 6.09. The zero-order valence-electron chi connectivity index (χ0n) is 10.7. The molecule has 18 heavy (non-hydrogen) atoms. The van der Waals surface area contributed by atoms with Crippen molar-refractivity contribution in [2.45, 2.75) is 20.3 Å². The number of hydrogen-bond acceptors (Lipinski definition) is 1. The van der Waals surface area contributed by atoms with Crippen LogP contribution in [-0.2, 0) is 6.42 Å². The molecule has 0 bridgehead atoms. The highest BCUT2D eigenvalue weighted by atomic mass is 79.9. The van der Waals surface area contributed by atoms with Crippen molar-refractivity contribution >= 4 is 15.9 Å². The molecule has 0 aliphatic heterocycles. The third-order valence-corrected chi connectivity index (χ3v) is 3.43. The van der Waals surface area contributed by atoms with Gasteiger partial charge in [0.1, 0.15) is 5.75 Å². The van der Waals surface area contributed by atoms with Crippen molar-refractivity contribution in [1.29, 1.82) is 0 Å². The highest BCUT2D eigenvalue weighted by molar-refractivity contribution is 9.10. The third kappa shape index (κ3) is 3.61. The summed E-state index contributed by atoms with van der Waals surface area (Å²) in [5.41, 5.74) is 4.00.